The molecule has 0 saturated carbocycles. The van der Waals surface area contributed by atoms with Gasteiger partial charge in [-0.05, 0) is 24.3 Å². The van der Waals surface area contributed by atoms with Crippen LogP contribution >= 0.6 is 27.3 Å². The molecule has 0 radical (unpaired) electrons. The number of nitrogens with zero attached hydrogens (tertiary/aromatic N) is 2. The monoisotopic (exact) mass is 316 g/mol. The highest BCUT2D eigenvalue weighted by atomic mass is 79.9. The van der Waals surface area contributed by atoms with Gasteiger partial charge in [0.2, 0.25) is 0 Å². The summed E-state index contributed by atoms with van der Waals surface area (Å²) in [6.07, 6.45) is 3.57. The Morgan fingerprint density at radius 3 is 2.61 bits per heavy atom. The van der Waals surface area contributed by atoms with Crippen molar-refractivity contribution in [2.24, 2.45) is 0 Å². The van der Waals surface area contributed by atoms with Gasteiger partial charge in [0, 0.05) is 33.4 Å². The Morgan fingerprint density at radius 2 is 1.83 bits per heavy atom. The lowest BCUT2D eigenvalue weighted by Crippen LogP contribution is -1.80. The number of hydrogen-bond donors (Lipinski definition) is 0. The molecular formula is C14H9BrN2S. The van der Waals surface area contributed by atoms with Crippen LogP contribution in [0.25, 0.3) is 21.8 Å². The molecule has 2 nitrogen and oxygen atoms in total. The molecule has 0 aliphatic heterocycles. The second-order valence-electron chi connectivity index (χ2n) is 3.78. The van der Waals surface area contributed by atoms with Gasteiger partial charge in [0.05, 0.1) is 5.69 Å². The number of hydrogen-bond acceptors (Lipinski definition) is 3. The Bertz CT molecular complexity index is 664. The Morgan fingerprint density at radius 1 is 1.00 bits per heavy atom. The standard InChI is InChI=1S/C14H9BrN2S/c15-12-3-1-2-11(8-12)13-9-18-14(17-13)10-4-6-16-7-5-10/h1-9H. The highest BCUT2D eigenvalue weighted by molar-refractivity contribution is 9.10. The number of benzene rings is 1. The smallest absolute Gasteiger partial charge is 0.124 e. The van der Waals surface area contributed by atoms with Crippen LogP contribution in [0, 0.1) is 0 Å². The van der Waals surface area contributed by atoms with E-state index < -0.39 is 0 Å². The normalized spacial score (nSPS) is 10.5. The van der Waals surface area contributed by atoms with Gasteiger partial charge >= 0.3 is 0 Å². The first-order valence-electron chi connectivity index (χ1n) is 5.45. The Hall–Kier alpha value is -1.52. The molecule has 3 aromatic rings. The van der Waals surface area contributed by atoms with E-state index >= 15 is 0 Å². The maximum Gasteiger partial charge on any atom is 0.124 e. The van der Waals surface area contributed by atoms with Crippen molar-refractivity contribution in [2.45, 2.75) is 0 Å². The predicted octanol–water partition coefficient (Wildman–Crippen LogP) is 4.63. The fourth-order valence-electron chi connectivity index (χ4n) is 1.68. The average molecular weight is 317 g/mol. The summed E-state index contributed by atoms with van der Waals surface area (Å²) in [5, 5.41) is 3.10. The quantitative estimate of drug-likeness (QED) is 0.688. The van der Waals surface area contributed by atoms with Gasteiger partial charge in [-0.2, -0.15) is 0 Å². The minimum atomic E-state index is 1.01. The molecule has 3 rings (SSSR count). The Balaban J connectivity index is 2.00. The number of halogens is 1. The minimum absolute atomic E-state index is 1.01. The molecule has 2 aromatic heterocycles. The van der Waals surface area contributed by atoms with Crippen molar-refractivity contribution in [2.75, 3.05) is 0 Å². The van der Waals surface area contributed by atoms with Crippen LogP contribution in [-0.4, -0.2) is 9.97 Å². The molecule has 18 heavy (non-hydrogen) atoms. The van der Waals surface area contributed by atoms with E-state index in [1.54, 1.807) is 23.7 Å². The van der Waals surface area contributed by atoms with Crippen LogP contribution in [0.15, 0.2) is 58.6 Å². The number of aromatic nitrogens is 2. The molecule has 0 aliphatic carbocycles. The summed E-state index contributed by atoms with van der Waals surface area (Å²) in [5.74, 6) is 0. The van der Waals surface area contributed by atoms with E-state index in [2.05, 4.69) is 43.4 Å². The predicted molar refractivity (Wildman–Crippen MR) is 78.5 cm³/mol. The summed E-state index contributed by atoms with van der Waals surface area (Å²) in [7, 11) is 0. The number of rotatable bonds is 2. The van der Waals surface area contributed by atoms with Gasteiger partial charge in [-0.1, -0.05) is 28.1 Å². The summed E-state index contributed by atoms with van der Waals surface area (Å²) in [5.41, 5.74) is 3.24. The number of thiazole rings is 1. The van der Waals surface area contributed by atoms with Crippen molar-refractivity contribution < 1.29 is 0 Å². The van der Waals surface area contributed by atoms with Crippen LogP contribution < -0.4 is 0 Å². The molecule has 0 aliphatic rings. The van der Waals surface area contributed by atoms with Crippen LogP contribution in [0.1, 0.15) is 0 Å². The summed E-state index contributed by atoms with van der Waals surface area (Å²) in [6.45, 7) is 0. The average Bonchev–Trinajstić information content (AvgIpc) is 2.89. The molecule has 0 fully saturated rings. The van der Waals surface area contributed by atoms with E-state index in [-0.39, 0.29) is 0 Å². The van der Waals surface area contributed by atoms with Gasteiger partial charge in [0.15, 0.2) is 0 Å². The molecule has 0 atom stereocenters. The van der Waals surface area contributed by atoms with E-state index in [1.807, 2.05) is 24.3 Å². The van der Waals surface area contributed by atoms with Crippen LogP contribution in [0.2, 0.25) is 0 Å². The van der Waals surface area contributed by atoms with Crippen LogP contribution in [-0.2, 0) is 0 Å². The zero-order valence-electron chi connectivity index (χ0n) is 9.38. The van der Waals surface area contributed by atoms with Gasteiger partial charge in [0.25, 0.3) is 0 Å². The van der Waals surface area contributed by atoms with Crippen molar-refractivity contribution in [3.63, 3.8) is 0 Å². The first kappa shape index (κ1) is 11.6. The zero-order valence-corrected chi connectivity index (χ0v) is 11.8. The topological polar surface area (TPSA) is 25.8 Å². The van der Waals surface area contributed by atoms with Gasteiger partial charge in [0.1, 0.15) is 5.01 Å². The van der Waals surface area contributed by atoms with Crippen molar-refractivity contribution in [1.29, 1.82) is 0 Å². The van der Waals surface area contributed by atoms with Crippen molar-refractivity contribution in [3.8, 4) is 21.8 Å². The SMILES string of the molecule is Brc1cccc(-c2csc(-c3ccncc3)n2)c1. The van der Waals surface area contributed by atoms with Gasteiger partial charge < -0.3 is 0 Å². The maximum atomic E-state index is 4.66. The fourth-order valence-corrected chi connectivity index (χ4v) is 2.92. The highest BCUT2D eigenvalue weighted by Crippen LogP contribution is 2.29. The lowest BCUT2D eigenvalue weighted by atomic mass is 10.2. The first-order valence-corrected chi connectivity index (χ1v) is 7.12. The minimum Gasteiger partial charge on any atom is -0.265 e. The molecule has 0 bridgehead atoms. The second kappa shape index (κ2) is 5.00. The Labute approximate surface area is 117 Å². The van der Waals surface area contributed by atoms with Crippen molar-refractivity contribution >= 4 is 27.3 Å². The molecule has 4 heteroatoms. The lowest BCUT2D eigenvalue weighted by Gasteiger charge is -1.97. The zero-order chi connectivity index (χ0) is 12.4. The molecule has 0 spiro atoms. The maximum absolute atomic E-state index is 4.66. The first-order chi connectivity index (χ1) is 8.83. The lowest BCUT2D eigenvalue weighted by molar-refractivity contribution is 1.32. The third-order valence-electron chi connectivity index (χ3n) is 2.55. The van der Waals surface area contributed by atoms with E-state index in [0.717, 1.165) is 26.3 Å². The molecule has 2 heterocycles. The third-order valence-corrected chi connectivity index (χ3v) is 3.94. The van der Waals surface area contributed by atoms with E-state index in [9.17, 15) is 0 Å². The van der Waals surface area contributed by atoms with E-state index in [4.69, 9.17) is 0 Å². The van der Waals surface area contributed by atoms with Crippen LogP contribution in [0.5, 0.6) is 0 Å². The molecular weight excluding hydrogens is 308 g/mol. The molecule has 1 aromatic carbocycles. The molecule has 88 valence electrons. The van der Waals surface area contributed by atoms with Crippen LogP contribution in [0.4, 0.5) is 0 Å². The summed E-state index contributed by atoms with van der Waals surface area (Å²) < 4.78 is 1.07. The fraction of sp³-hybridized carbons (Fsp3) is 0. The molecule has 0 N–H and O–H groups in total. The van der Waals surface area contributed by atoms with E-state index in [1.165, 1.54) is 0 Å². The molecule has 0 saturated heterocycles. The van der Waals surface area contributed by atoms with Gasteiger partial charge in [-0.3, -0.25) is 4.98 Å². The highest BCUT2D eigenvalue weighted by Gasteiger charge is 2.06. The van der Waals surface area contributed by atoms with E-state index in [0.29, 0.717) is 0 Å². The van der Waals surface area contributed by atoms with Crippen molar-refractivity contribution in [1.82, 2.24) is 9.97 Å². The summed E-state index contributed by atoms with van der Waals surface area (Å²) >= 11 is 5.13. The third kappa shape index (κ3) is 2.35. The summed E-state index contributed by atoms with van der Waals surface area (Å²) in [6, 6.07) is 12.1. The second-order valence-corrected chi connectivity index (χ2v) is 5.56. The van der Waals surface area contributed by atoms with Crippen LogP contribution in [0.3, 0.4) is 0 Å². The number of pyridine rings is 1. The molecule has 0 unspecified atom stereocenters. The van der Waals surface area contributed by atoms with Gasteiger partial charge in [-0.25, -0.2) is 4.98 Å². The van der Waals surface area contributed by atoms with Crippen molar-refractivity contribution in [3.05, 3.63) is 58.6 Å². The largest absolute Gasteiger partial charge is 0.265 e. The Kier molecular flexibility index (Phi) is 3.21. The molecule has 0 amide bonds. The van der Waals surface area contributed by atoms with Gasteiger partial charge in [-0.15, -0.1) is 11.3 Å². The summed E-state index contributed by atoms with van der Waals surface area (Å²) in [4.78, 5) is 8.68.